The molecule has 1 aromatic carbocycles. The third kappa shape index (κ3) is 26.7. The second-order valence-electron chi connectivity index (χ2n) is 8.28. The van der Waals surface area contributed by atoms with Gasteiger partial charge in [-0.15, -0.1) is 0 Å². The van der Waals surface area contributed by atoms with Gasteiger partial charge in [0.05, 0.1) is 28.9 Å². The van der Waals surface area contributed by atoms with Crippen LogP contribution in [0.3, 0.4) is 0 Å². The van der Waals surface area contributed by atoms with Crippen LogP contribution in [0.1, 0.15) is 179 Å². The molecule has 2 heterocycles. The van der Waals surface area contributed by atoms with Crippen LogP contribution in [0, 0.1) is 0 Å². The quantitative estimate of drug-likeness (QED) is 0.325. The van der Waals surface area contributed by atoms with E-state index in [1.54, 1.807) is 7.05 Å². The fourth-order valence-electron chi connectivity index (χ4n) is 3.82. The molecule has 1 saturated carbocycles. The summed E-state index contributed by atoms with van der Waals surface area (Å²) in [6.45, 7) is 4.76. The molecule has 12 heteroatoms. The van der Waals surface area contributed by atoms with Gasteiger partial charge in [0.2, 0.25) is 10.0 Å². The third-order valence-corrected chi connectivity index (χ3v) is 8.37. The van der Waals surface area contributed by atoms with E-state index in [0.717, 1.165) is 25.0 Å². The topological polar surface area (TPSA) is 95.5 Å². The minimum absolute atomic E-state index is 0. The molecule has 53 heavy (non-hydrogen) atoms. The third-order valence-electron chi connectivity index (χ3n) is 5.97. The molecule has 1 aromatic heterocycles. The van der Waals surface area contributed by atoms with Gasteiger partial charge in [0.25, 0.3) is 0 Å². The molecule has 4 rings (SSSR count). The first-order valence-corrected chi connectivity index (χ1v) is 13.1. The Morgan fingerprint density at radius 1 is 0.736 bits per heavy atom. The number of nitrogens with zero attached hydrogens (tertiary/aromatic N) is 4. The Morgan fingerprint density at radius 2 is 1.17 bits per heavy atom. The Labute approximate surface area is 336 Å². The summed E-state index contributed by atoms with van der Waals surface area (Å²) in [5.41, 5.74) is -0.270. The molecule has 2 aromatic rings. The summed E-state index contributed by atoms with van der Waals surface area (Å²) in [6.07, 6.45) is 0.640. The zero-order valence-electron chi connectivity index (χ0n) is 19.9. The van der Waals surface area contributed by atoms with Crippen LogP contribution in [0.5, 0.6) is 0 Å². The van der Waals surface area contributed by atoms with Crippen LogP contribution in [0.15, 0.2) is 36.7 Å². The highest BCUT2D eigenvalue weighted by atomic mass is 32.2. The van der Waals surface area contributed by atoms with E-state index in [2.05, 4.69) is 15.3 Å². The molecule has 0 radical (unpaired) electrons. The number of urea groups is 1. The van der Waals surface area contributed by atoms with Crippen molar-refractivity contribution in [3.8, 4) is 11.3 Å². The number of piperidine rings is 1. The number of hydrogen-bond donors (Lipinski definition) is 1. The molecule has 1 aliphatic carbocycles. The second kappa shape index (κ2) is 43.7. The van der Waals surface area contributed by atoms with Crippen LogP contribution in [0.25, 0.3) is 11.3 Å². The molecular formula is C41H102F3N5O3S. The van der Waals surface area contributed by atoms with Crippen LogP contribution >= 0.6 is 0 Å². The number of aromatic nitrogens is 2. The van der Waals surface area contributed by atoms with Gasteiger partial charge < -0.3 is 4.90 Å². The van der Waals surface area contributed by atoms with Gasteiger partial charge >= 0.3 is 12.2 Å². The first kappa shape index (κ1) is 104. The lowest BCUT2D eigenvalue weighted by molar-refractivity contribution is -0.137. The smallest absolute Gasteiger partial charge is 0.324 e. The SMILES string of the molecule is C.C.C.C.C.C.C.C.C.C.C.C.C.C.C.C.C.C.CC.CN(C(=O)Nc1cnc(-c2cccc(C(F)(F)F)c2)cn1)C1CCN(S(=O)(=O)C2CC2)CC1. The van der Waals surface area contributed by atoms with Gasteiger partial charge in [-0.2, -0.15) is 13.2 Å². The van der Waals surface area contributed by atoms with Crippen molar-refractivity contribution in [3.63, 3.8) is 0 Å². The molecule has 336 valence electrons. The summed E-state index contributed by atoms with van der Waals surface area (Å²) >= 11 is 0. The normalized spacial score (nSPS) is 11.4. The lowest BCUT2D eigenvalue weighted by Gasteiger charge is -2.36. The van der Waals surface area contributed by atoms with E-state index in [0.29, 0.717) is 25.9 Å². The average molecular weight is 802 g/mol. The lowest BCUT2D eigenvalue weighted by Crippen LogP contribution is -2.49. The van der Waals surface area contributed by atoms with Gasteiger partial charge in [0, 0.05) is 31.7 Å². The Morgan fingerprint density at radius 3 is 1.53 bits per heavy atom. The number of halogens is 3. The van der Waals surface area contributed by atoms with Crippen molar-refractivity contribution < 1.29 is 26.4 Å². The van der Waals surface area contributed by atoms with Gasteiger partial charge in [0.15, 0.2) is 5.82 Å². The zero-order chi connectivity index (χ0) is 25.8. The Kier molecular flexibility index (Phi) is 85.6. The second-order valence-corrected chi connectivity index (χ2v) is 10.5. The Hall–Kier alpha value is -2.73. The van der Waals surface area contributed by atoms with E-state index < -0.39 is 27.8 Å². The van der Waals surface area contributed by atoms with E-state index in [1.807, 2.05) is 13.8 Å². The van der Waals surface area contributed by atoms with Crippen molar-refractivity contribution in [2.45, 2.75) is 191 Å². The fourth-order valence-corrected chi connectivity index (χ4v) is 5.69. The summed E-state index contributed by atoms with van der Waals surface area (Å²) in [4.78, 5) is 22.3. The highest BCUT2D eigenvalue weighted by molar-refractivity contribution is 7.90. The van der Waals surface area contributed by atoms with Crippen molar-refractivity contribution in [1.82, 2.24) is 19.2 Å². The van der Waals surface area contributed by atoms with Crippen molar-refractivity contribution in [2.24, 2.45) is 0 Å². The van der Waals surface area contributed by atoms with E-state index in [4.69, 9.17) is 0 Å². The Balaban J connectivity index is -0.0000000481. The molecule has 1 N–H and O–H groups in total. The predicted octanol–water partition coefficient (Wildman–Crippen LogP) is 16.1. The molecular weight excluding hydrogens is 700 g/mol. The molecule has 1 saturated heterocycles. The summed E-state index contributed by atoms with van der Waals surface area (Å²) in [5, 5.41) is 2.38. The molecule has 2 aliphatic rings. The van der Waals surface area contributed by atoms with Crippen molar-refractivity contribution in [2.75, 3.05) is 25.5 Å². The number of rotatable bonds is 5. The first-order chi connectivity index (χ1) is 16.6. The van der Waals surface area contributed by atoms with Crippen LogP contribution in [-0.4, -0.2) is 65.1 Å². The number of anilines is 1. The van der Waals surface area contributed by atoms with Crippen molar-refractivity contribution in [3.05, 3.63) is 42.2 Å². The molecule has 0 unspecified atom stereocenters. The highest BCUT2D eigenvalue weighted by Gasteiger charge is 2.41. The minimum atomic E-state index is -4.46. The number of nitrogens with one attached hydrogen (secondary N) is 1. The van der Waals surface area contributed by atoms with Gasteiger partial charge in [-0.3, -0.25) is 10.3 Å². The number of benzene rings is 1. The average Bonchev–Trinajstić information content (AvgIpc) is 3.71. The summed E-state index contributed by atoms with van der Waals surface area (Å²) in [6, 6.07) is 4.24. The standard InChI is InChI=1S/C21H24F3N5O3S.C2H6.18CH4/c1-28(16-7-9-29(10-8-16)33(31,32)17-5-6-17)20(30)27-19-13-25-18(12-26-19)14-3-2-4-15(11-14)21(22,23)24;1-2;;;;;;;;;;;;;;;;;;/h2-4,11-13,16-17H,5-10H2,1H3,(H,26,27,30);1-2H3;18*1H4. The molecule has 0 atom stereocenters. The van der Waals surface area contributed by atoms with Gasteiger partial charge in [-0.25, -0.2) is 22.5 Å². The van der Waals surface area contributed by atoms with E-state index >= 15 is 0 Å². The van der Waals surface area contributed by atoms with E-state index in [9.17, 15) is 26.4 Å². The summed E-state index contributed by atoms with van der Waals surface area (Å²) < 4.78 is 65.0. The van der Waals surface area contributed by atoms with Gasteiger partial charge in [-0.05, 0) is 37.8 Å². The van der Waals surface area contributed by atoms with E-state index in [-0.39, 0.29) is 162 Å². The fraction of sp³-hybridized carbons (Fsp3) is 0.732. The molecule has 0 bridgehead atoms. The maximum absolute atomic E-state index is 12.9. The number of carbonyl (C=O) groups excluding carboxylic acids is 1. The maximum atomic E-state index is 12.9. The highest BCUT2D eigenvalue weighted by Crippen LogP contribution is 2.33. The van der Waals surface area contributed by atoms with Crippen LogP contribution in [0.2, 0.25) is 0 Å². The molecule has 2 fully saturated rings. The monoisotopic (exact) mass is 802 g/mol. The predicted molar refractivity (Wildman–Crippen MR) is 248 cm³/mol. The summed E-state index contributed by atoms with van der Waals surface area (Å²) in [5.74, 6) is 0.163. The lowest BCUT2D eigenvalue weighted by atomic mass is 10.1. The number of alkyl halides is 3. The number of hydrogen-bond acceptors (Lipinski definition) is 5. The number of amides is 2. The van der Waals surface area contributed by atoms with Gasteiger partial charge in [-0.1, -0.05) is 160 Å². The zero-order valence-corrected chi connectivity index (χ0v) is 20.7. The minimum Gasteiger partial charge on any atom is -0.324 e. The van der Waals surface area contributed by atoms with E-state index in [1.165, 1.54) is 33.7 Å². The number of carbonyl (C=O) groups is 1. The van der Waals surface area contributed by atoms with Crippen LogP contribution in [0.4, 0.5) is 23.8 Å². The summed E-state index contributed by atoms with van der Waals surface area (Å²) in [7, 11) is -1.58. The molecule has 8 nitrogen and oxygen atoms in total. The van der Waals surface area contributed by atoms with Crippen LogP contribution < -0.4 is 5.32 Å². The van der Waals surface area contributed by atoms with Crippen LogP contribution in [-0.2, 0) is 16.2 Å². The molecule has 2 amide bonds. The van der Waals surface area contributed by atoms with Crippen molar-refractivity contribution >= 4 is 21.9 Å². The van der Waals surface area contributed by atoms with Crippen molar-refractivity contribution in [1.29, 1.82) is 0 Å². The molecule has 1 aliphatic heterocycles. The Bertz CT molecular complexity index is 1120. The first-order valence-electron chi connectivity index (χ1n) is 11.6. The largest absolute Gasteiger partial charge is 0.416 e. The number of sulfonamides is 1. The maximum Gasteiger partial charge on any atom is 0.416 e. The van der Waals surface area contributed by atoms with Gasteiger partial charge in [0.1, 0.15) is 0 Å². The molecule has 0 spiro atoms.